The smallest absolute Gasteiger partial charge is 0.109 e. The molecule has 0 aromatic heterocycles. The molecule has 6 nitrogen and oxygen atoms in total. The van der Waals surface area contributed by atoms with Gasteiger partial charge in [-0.25, -0.2) is 0 Å². The Hall–Kier alpha value is -0.240. The van der Waals surface area contributed by atoms with E-state index in [4.69, 9.17) is 29.4 Å². The molecule has 28 heavy (non-hydrogen) atoms. The van der Waals surface area contributed by atoms with Crippen LogP contribution in [0.5, 0.6) is 0 Å². The van der Waals surface area contributed by atoms with E-state index in [-0.39, 0.29) is 17.8 Å². The monoisotopic (exact) mass is 405 g/mol. The van der Waals surface area contributed by atoms with Gasteiger partial charge in [-0.2, -0.15) is 0 Å². The lowest BCUT2D eigenvalue weighted by Crippen LogP contribution is -2.48. The summed E-state index contributed by atoms with van der Waals surface area (Å²) in [5.41, 5.74) is 4.87. The van der Waals surface area contributed by atoms with Crippen LogP contribution in [0.4, 0.5) is 0 Å². The Balaban J connectivity index is 4.49. The van der Waals surface area contributed by atoms with Crippen LogP contribution in [-0.2, 0) is 23.7 Å². The van der Waals surface area contributed by atoms with Crippen LogP contribution in [-0.4, -0.2) is 69.6 Å². The molecule has 0 heterocycles. The lowest BCUT2D eigenvalue weighted by molar-refractivity contribution is -0.151. The number of ether oxygens (including phenoxy) is 5. The maximum atomic E-state index is 6.05. The van der Waals surface area contributed by atoms with Gasteiger partial charge in [0.05, 0.1) is 37.1 Å². The van der Waals surface area contributed by atoms with Gasteiger partial charge in [0, 0.05) is 32.8 Å². The zero-order chi connectivity index (χ0) is 22.0. The lowest BCUT2D eigenvalue weighted by Gasteiger charge is -2.36. The molecule has 2 unspecified atom stereocenters. The van der Waals surface area contributed by atoms with Crippen molar-refractivity contribution in [3.8, 4) is 0 Å². The Morgan fingerprint density at radius 2 is 1.46 bits per heavy atom. The van der Waals surface area contributed by atoms with Crippen molar-refractivity contribution in [2.45, 2.75) is 97.2 Å². The third-order valence-corrected chi connectivity index (χ3v) is 4.69. The molecular formula is C22H47NO5. The van der Waals surface area contributed by atoms with E-state index in [1.807, 2.05) is 27.7 Å². The molecule has 0 aliphatic heterocycles. The highest BCUT2D eigenvalue weighted by atomic mass is 16.6. The highest BCUT2D eigenvalue weighted by Crippen LogP contribution is 2.22. The topological polar surface area (TPSA) is 72.2 Å². The van der Waals surface area contributed by atoms with Gasteiger partial charge in [-0.1, -0.05) is 13.8 Å². The van der Waals surface area contributed by atoms with Gasteiger partial charge >= 0.3 is 0 Å². The number of hydrogen-bond donors (Lipinski definition) is 1. The standard InChI is InChI=1S/C22H47NO5/c1-17(2)11-12-27-21(5,6)13-18(24-9)14-26-15-19(25-10)22(7,8)28-16-20(3,4)23/h17-19H,11-16,23H2,1-10H3. The van der Waals surface area contributed by atoms with Gasteiger partial charge in [0.15, 0.2) is 0 Å². The van der Waals surface area contributed by atoms with Crippen molar-refractivity contribution in [3.63, 3.8) is 0 Å². The maximum absolute atomic E-state index is 6.05. The summed E-state index contributed by atoms with van der Waals surface area (Å²) in [5, 5.41) is 0. The van der Waals surface area contributed by atoms with Crippen molar-refractivity contribution >= 4 is 0 Å². The average molecular weight is 406 g/mol. The van der Waals surface area contributed by atoms with E-state index >= 15 is 0 Å². The molecule has 170 valence electrons. The molecule has 0 radical (unpaired) electrons. The fourth-order valence-corrected chi connectivity index (χ4v) is 2.71. The first kappa shape index (κ1) is 27.8. The van der Waals surface area contributed by atoms with Gasteiger partial charge in [0.2, 0.25) is 0 Å². The molecule has 0 bridgehead atoms. The summed E-state index contributed by atoms with van der Waals surface area (Å²) in [7, 11) is 3.38. The predicted octanol–water partition coefficient (Wildman–Crippen LogP) is 3.80. The summed E-state index contributed by atoms with van der Waals surface area (Å²) in [6.07, 6.45) is 1.57. The van der Waals surface area contributed by atoms with Crippen LogP contribution in [0.15, 0.2) is 0 Å². The minimum absolute atomic E-state index is 0.0430. The summed E-state index contributed by atoms with van der Waals surface area (Å²) >= 11 is 0. The van der Waals surface area contributed by atoms with Crippen LogP contribution in [0.2, 0.25) is 0 Å². The zero-order valence-electron chi connectivity index (χ0n) is 20.1. The summed E-state index contributed by atoms with van der Waals surface area (Å²) in [6.45, 7) is 18.6. The van der Waals surface area contributed by atoms with Crippen molar-refractivity contribution in [1.29, 1.82) is 0 Å². The number of rotatable bonds is 16. The van der Waals surface area contributed by atoms with Crippen LogP contribution in [0, 0.1) is 5.92 Å². The number of nitrogens with two attached hydrogens (primary N) is 1. The molecular weight excluding hydrogens is 358 g/mol. The van der Waals surface area contributed by atoms with Crippen molar-refractivity contribution in [1.82, 2.24) is 0 Å². The first-order valence-electron chi connectivity index (χ1n) is 10.4. The molecule has 2 N–H and O–H groups in total. The SMILES string of the molecule is COC(COCC(OC)C(C)(C)OCC(C)(C)N)CC(C)(C)OCCC(C)C. The quantitative estimate of drug-likeness (QED) is 0.421. The molecule has 6 heteroatoms. The molecule has 0 aliphatic carbocycles. The van der Waals surface area contributed by atoms with Crippen LogP contribution >= 0.6 is 0 Å². The van der Waals surface area contributed by atoms with E-state index in [1.165, 1.54) is 0 Å². The van der Waals surface area contributed by atoms with Gasteiger partial charge in [-0.05, 0) is 53.9 Å². The summed E-state index contributed by atoms with van der Waals surface area (Å²) in [4.78, 5) is 0. The van der Waals surface area contributed by atoms with Gasteiger partial charge < -0.3 is 29.4 Å². The largest absolute Gasteiger partial charge is 0.379 e. The van der Waals surface area contributed by atoms with E-state index in [0.29, 0.717) is 25.7 Å². The minimum atomic E-state index is -0.507. The summed E-state index contributed by atoms with van der Waals surface area (Å²) in [5.74, 6) is 0.638. The van der Waals surface area contributed by atoms with Crippen molar-refractivity contribution in [2.24, 2.45) is 11.7 Å². The molecule has 0 spiro atoms. The van der Waals surface area contributed by atoms with Crippen molar-refractivity contribution < 1.29 is 23.7 Å². The predicted molar refractivity (Wildman–Crippen MR) is 115 cm³/mol. The second-order valence-corrected chi connectivity index (χ2v) is 10.00. The van der Waals surface area contributed by atoms with Gasteiger partial charge in [0.1, 0.15) is 6.10 Å². The van der Waals surface area contributed by atoms with Gasteiger partial charge in [-0.3, -0.25) is 0 Å². The third kappa shape index (κ3) is 13.1. The first-order valence-corrected chi connectivity index (χ1v) is 10.4. The van der Waals surface area contributed by atoms with Gasteiger partial charge in [-0.15, -0.1) is 0 Å². The van der Waals surface area contributed by atoms with Crippen LogP contribution in [0.1, 0.15) is 68.2 Å². The minimum Gasteiger partial charge on any atom is -0.379 e. The van der Waals surface area contributed by atoms with E-state index < -0.39 is 11.1 Å². The molecule has 0 rings (SSSR count). The maximum Gasteiger partial charge on any atom is 0.109 e. The average Bonchev–Trinajstić information content (AvgIpc) is 2.54. The second kappa shape index (κ2) is 12.5. The fraction of sp³-hybridized carbons (Fsp3) is 1.00. The molecule has 0 aromatic carbocycles. The fourth-order valence-electron chi connectivity index (χ4n) is 2.71. The van der Waals surface area contributed by atoms with E-state index in [9.17, 15) is 0 Å². The van der Waals surface area contributed by atoms with Crippen LogP contribution in [0.3, 0.4) is 0 Å². The second-order valence-electron chi connectivity index (χ2n) is 10.00. The Labute approximate surface area is 173 Å². The Morgan fingerprint density at radius 3 is 1.93 bits per heavy atom. The van der Waals surface area contributed by atoms with Crippen molar-refractivity contribution in [3.05, 3.63) is 0 Å². The van der Waals surface area contributed by atoms with E-state index in [1.54, 1.807) is 14.2 Å². The Morgan fingerprint density at radius 1 is 0.857 bits per heavy atom. The molecule has 0 amide bonds. The Bertz CT molecular complexity index is 404. The number of hydrogen-bond acceptors (Lipinski definition) is 6. The molecule has 0 saturated carbocycles. The molecule has 2 atom stereocenters. The summed E-state index contributed by atoms with van der Waals surface area (Å²) < 4.78 is 29.2. The zero-order valence-corrected chi connectivity index (χ0v) is 20.1. The molecule has 0 aliphatic rings. The van der Waals surface area contributed by atoms with E-state index in [2.05, 4.69) is 27.7 Å². The molecule has 0 saturated heterocycles. The normalized spacial score (nSPS) is 15.9. The molecule has 0 aromatic rings. The van der Waals surface area contributed by atoms with Crippen molar-refractivity contribution in [2.75, 3.05) is 40.6 Å². The van der Waals surface area contributed by atoms with Crippen LogP contribution < -0.4 is 5.73 Å². The number of methoxy groups -OCH3 is 2. The van der Waals surface area contributed by atoms with Gasteiger partial charge in [0.25, 0.3) is 0 Å². The molecule has 0 fully saturated rings. The third-order valence-electron chi connectivity index (χ3n) is 4.69. The van der Waals surface area contributed by atoms with Crippen LogP contribution in [0.25, 0.3) is 0 Å². The highest BCUT2D eigenvalue weighted by molar-refractivity contribution is 4.83. The summed E-state index contributed by atoms with van der Waals surface area (Å²) in [6, 6.07) is 0. The highest BCUT2D eigenvalue weighted by Gasteiger charge is 2.33. The van der Waals surface area contributed by atoms with E-state index in [0.717, 1.165) is 19.4 Å². The Kier molecular flexibility index (Phi) is 12.3. The lowest BCUT2D eigenvalue weighted by atomic mass is 10.00. The first-order chi connectivity index (χ1) is 12.7.